The summed E-state index contributed by atoms with van der Waals surface area (Å²) in [6, 6.07) is 0. The van der Waals surface area contributed by atoms with Gasteiger partial charge in [-0.25, -0.2) is 6.08 Å². The van der Waals surface area contributed by atoms with Gasteiger partial charge in [0.1, 0.15) is 0 Å². The Morgan fingerprint density at radius 3 is 2.85 bits per heavy atom. The van der Waals surface area contributed by atoms with Gasteiger partial charge in [-0.2, -0.15) is 12.2 Å². The quantitative estimate of drug-likeness (QED) is 0.602. The molecule has 2 rings (SSSR count). The molecule has 0 spiro atoms. The molecule has 3 atom stereocenters. The van der Waals surface area contributed by atoms with Gasteiger partial charge >= 0.3 is 0 Å². The summed E-state index contributed by atoms with van der Waals surface area (Å²) in [5, 5.41) is 0. The van der Waals surface area contributed by atoms with Gasteiger partial charge in [-0.1, -0.05) is 13.8 Å². The molecular formula is C11H13OY-. The van der Waals surface area contributed by atoms with E-state index in [1.165, 1.54) is 12.0 Å². The zero-order chi connectivity index (χ0) is 8.72. The molecule has 2 heteroatoms. The molecule has 0 aromatic heterocycles. The van der Waals surface area contributed by atoms with Gasteiger partial charge in [0.15, 0.2) is 0 Å². The minimum absolute atomic E-state index is 0. The Morgan fingerprint density at radius 1 is 1.46 bits per heavy atom. The molecule has 0 N–H and O–H groups in total. The van der Waals surface area contributed by atoms with Gasteiger partial charge in [0.05, 0.1) is 0 Å². The molecular weight excluding hydrogens is 237 g/mol. The Labute approximate surface area is 105 Å². The standard InChI is InChI=1S/C11H13O.Y/c1-7-5-9-3-4-10(12)6-11(9)8(7)2;/h3,6-9H,5H2,1-2H3;/q-1;. The smallest absolute Gasteiger partial charge is 0.0114 e. The van der Waals surface area contributed by atoms with Gasteiger partial charge in [0.2, 0.25) is 0 Å². The largest absolute Gasteiger partial charge is 0.333 e. The van der Waals surface area contributed by atoms with E-state index in [-0.39, 0.29) is 38.5 Å². The van der Waals surface area contributed by atoms with Crippen LogP contribution in [0.2, 0.25) is 0 Å². The third-order valence-corrected chi connectivity index (χ3v) is 3.16. The second-order valence-corrected chi connectivity index (χ2v) is 3.93. The topological polar surface area (TPSA) is 17.1 Å². The van der Waals surface area contributed by atoms with Crippen LogP contribution in [-0.4, -0.2) is 5.78 Å². The second kappa shape index (κ2) is 4.19. The van der Waals surface area contributed by atoms with Gasteiger partial charge in [0.25, 0.3) is 0 Å². The Balaban J connectivity index is 0.000000845. The summed E-state index contributed by atoms with van der Waals surface area (Å²) in [5.74, 6) is 1.84. The molecule has 67 valence electrons. The van der Waals surface area contributed by atoms with Crippen molar-refractivity contribution in [2.24, 2.45) is 17.8 Å². The summed E-state index contributed by atoms with van der Waals surface area (Å²) in [6.07, 6.45) is 7.66. The average molecular weight is 250 g/mol. The number of allylic oxidation sites excluding steroid dienone is 4. The fourth-order valence-corrected chi connectivity index (χ4v) is 2.19. The molecule has 2 aliphatic rings. The number of carbonyl (C=O) groups is 1. The molecule has 0 bridgehead atoms. The summed E-state index contributed by atoms with van der Waals surface area (Å²) >= 11 is 0. The fourth-order valence-electron chi connectivity index (χ4n) is 2.19. The molecule has 1 radical (unpaired) electrons. The molecule has 0 amide bonds. The number of ketones is 1. The average Bonchev–Trinajstić information content (AvgIpc) is 2.31. The first-order valence-corrected chi connectivity index (χ1v) is 4.54. The van der Waals surface area contributed by atoms with E-state index in [0.29, 0.717) is 17.8 Å². The van der Waals surface area contributed by atoms with Crippen LogP contribution in [0, 0.1) is 23.8 Å². The van der Waals surface area contributed by atoms with Gasteiger partial charge in [-0.15, -0.1) is 5.57 Å². The van der Waals surface area contributed by atoms with Crippen molar-refractivity contribution in [2.45, 2.75) is 20.3 Å². The summed E-state index contributed by atoms with van der Waals surface area (Å²) in [6.45, 7) is 4.46. The molecule has 0 aromatic carbocycles. The van der Waals surface area contributed by atoms with E-state index in [2.05, 4.69) is 19.9 Å². The van der Waals surface area contributed by atoms with Gasteiger partial charge in [-0.3, -0.25) is 0 Å². The molecule has 1 fully saturated rings. The Hall–Kier alpha value is 0.254. The summed E-state index contributed by atoms with van der Waals surface area (Å²) in [5.41, 5.74) is 1.33. The van der Waals surface area contributed by atoms with Crippen LogP contribution in [0.5, 0.6) is 0 Å². The Kier molecular flexibility index (Phi) is 3.65. The maximum atomic E-state index is 11.0. The fraction of sp³-hybridized carbons (Fsp3) is 0.545. The van der Waals surface area contributed by atoms with Crippen LogP contribution in [-0.2, 0) is 37.5 Å². The van der Waals surface area contributed by atoms with Crippen LogP contribution in [0.4, 0.5) is 0 Å². The van der Waals surface area contributed by atoms with Crippen LogP contribution in [0.1, 0.15) is 20.3 Å². The number of fused-ring (bicyclic) bond motifs is 1. The van der Waals surface area contributed by atoms with E-state index in [4.69, 9.17) is 0 Å². The van der Waals surface area contributed by atoms with Crippen molar-refractivity contribution >= 4 is 5.78 Å². The van der Waals surface area contributed by atoms with Crippen LogP contribution in [0.25, 0.3) is 0 Å². The maximum Gasteiger partial charge on any atom is 0.0114 e. The Morgan fingerprint density at radius 2 is 2.15 bits per heavy atom. The van der Waals surface area contributed by atoms with E-state index in [1.807, 2.05) is 6.08 Å². The molecule has 2 aliphatic carbocycles. The monoisotopic (exact) mass is 250 g/mol. The zero-order valence-corrected chi connectivity index (χ0v) is 10.9. The third kappa shape index (κ3) is 2.02. The molecule has 0 heterocycles. The molecule has 0 saturated heterocycles. The van der Waals surface area contributed by atoms with Gasteiger partial charge in [-0.05, 0) is 24.2 Å². The molecule has 3 unspecified atom stereocenters. The number of rotatable bonds is 0. The van der Waals surface area contributed by atoms with Crippen LogP contribution in [0.15, 0.2) is 17.7 Å². The van der Waals surface area contributed by atoms with Crippen molar-refractivity contribution in [3.05, 3.63) is 23.8 Å². The van der Waals surface area contributed by atoms with Gasteiger partial charge < -0.3 is 4.79 Å². The predicted octanol–water partition coefficient (Wildman–Crippen LogP) is 2.14. The van der Waals surface area contributed by atoms with Gasteiger partial charge in [0, 0.05) is 38.5 Å². The molecule has 0 aromatic rings. The molecule has 0 aliphatic heterocycles. The van der Waals surface area contributed by atoms with E-state index in [1.54, 1.807) is 6.08 Å². The number of hydrogen-bond donors (Lipinski definition) is 0. The third-order valence-electron chi connectivity index (χ3n) is 3.16. The normalized spacial score (nSPS) is 36.6. The SMILES string of the molecule is CC1CC2C=[C-]C(=O)C=C2C1C.[Y]. The minimum Gasteiger partial charge on any atom is -0.333 e. The predicted molar refractivity (Wildman–Crippen MR) is 47.3 cm³/mol. The first kappa shape index (κ1) is 11.3. The maximum absolute atomic E-state index is 11.0. The minimum atomic E-state index is 0. The van der Waals surface area contributed by atoms with Crippen molar-refractivity contribution in [2.75, 3.05) is 0 Å². The Bertz CT molecular complexity index is 278. The van der Waals surface area contributed by atoms with Crippen molar-refractivity contribution in [3.8, 4) is 0 Å². The van der Waals surface area contributed by atoms with Crippen LogP contribution in [0.3, 0.4) is 0 Å². The number of hydrogen-bond acceptors (Lipinski definition) is 1. The van der Waals surface area contributed by atoms with Crippen molar-refractivity contribution in [3.63, 3.8) is 0 Å². The second-order valence-electron chi connectivity index (χ2n) is 3.93. The first-order chi connectivity index (χ1) is 5.68. The van der Waals surface area contributed by atoms with E-state index < -0.39 is 0 Å². The van der Waals surface area contributed by atoms with E-state index in [9.17, 15) is 4.79 Å². The molecule has 1 saturated carbocycles. The summed E-state index contributed by atoms with van der Waals surface area (Å²) in [7, 11) is 0. The van der Waals surface area contributed by atoms with Crippen LogP contribution < -0.4 is 0 Å². The van der Waals surface area contributed by atoms with E-state index >= 15 is 0 Å². The van der Waals surface area contributed by atoms with Crippen LogP contribution >= 0.6 is 0 Å². The summed E-state index contributed by atoms with van der Waals surface area (Å²) < 4.78 is 0. The number of carbonyl (C=O) groups excluding carboxylic acids is 1. The summed E-state index contributed by atoms with van der Waals surface area (Å²) in [4.78, 5) is 11.0. The zero-order valence-electron chi connectivity index (χ0n) is 8.08. The molecule has 1 nitrogen and oxygen atoms in total. The first-order valence-electron chi connectivity index (χ1n) is 4.54. The van der Waals surface area contributed by atoms with Crippen molar-refractivity contribution in [1.29, 1.82) is 0 Å². The van der Waals surface area contributed by atoms with Crippen molar-refractivity contribution in [1.82, 2.24) is 0 Å². The van der Waals surface area contributed by atoms with Crippen molar-refractivity contribution < 1.29 is 37.5 Å². The molecule has 13 heavy (non-hydrogen) atoms. The van der Waals surface area contributed by atoms with E-state index in [0.717, 1.165) is 0 Å².